The SMILES string of the molecule is COCCOc1ccc(CN2C[C@H]3CCC[C@@H](C2)C3(O)c2cccnc2)cc1. The van der Waals surface area contributed by atoms with Crippen LogP contribution in [0.1, 0.15) is 30.4 Å². The normalized spacial score (nSPS) is 27.5. The molecule has 1 aliphatic heterocycles. The monoisotopic (exact) mass is 382 g/mol. The van der Waals surface area contributed by atoms with Crippen LogP contribution in [0.15, 0.2) is 48.8 Å². The van der Waals surface area contributed by atoms with Crippen molar-refractivity contribution in [3.8, 4) is 5.75 Å². The van der Waals surface area contributed by atoms with Crippen molar-refractivity contribution < 1.29 is 14.6 Å². The molecular formula is C23H30N2O3. The molecule has 1 N–H and O–H groups in total. The van der Waals surface area contributed by atoms with Gasteiger partial charge in [-0.1, -0.05) is 24.6 Å². The predicted octanol–water partition coefficient (Wildman–Crippen LogP) is 3.23. The zero-order chi connectivity index (χ0) is 19.4. The first-order valence-electron chi connectivity index (χ1n) is 10.3. The first-order valence-corrected chi connectivity index (χ1v) is 10.3. The lowest BCUT2D eigenvalue weighted by Gasteiger charge is -2.53. The third-order valence-electron chi connectivity index (χ3n) is 6.32. The highest BCUT2D eigenvalue weighted by atomic mass is 16.5. The van der Waals surface area contributed by atoms with Crippen LogP contribution in [0, 0.1) is 11.8 Å². The highest BCUT2D eigenvalue weighted by Gasteiger charge is 2.51. The standard InChI is InChI=1S/C23H30N2O3/c1-27-12-13-28-22-9-7-18(8-10-22)15-25-16-20-4-2-5-21(17-25)23(20,26)19-6-3-11-24-14-19/h3,6-11,14,20-21,26H,2,4-5,12-13,15-17H2,1H3/t20-,21+,23?. The van der Waals surface area contributed by atoms with E-state index in [0.717, 1.165) is 43.8 Å². The number of piperidine rings is 1. The van der Waals surface area contributed by atoms with Crippen molar-refractivity contribution in [1.29, 1.82) is 0 Å². The van der Waals surface area contributed by atoms with E-state index in [2.05, 4.69) is 22.0 Å². The van der Waals surface area contributed by atoms with Gasteiger partial charge in [0.2, 0.25) is 0 Å². The van der Waals surface area contributed by atoms with Crippen LogP contribution in [0.2, 0.25) is 0 Å². The largest absolute Gasteiger partial charge is 0.491 e. The van der Waals surface area contributed by atoms with Gasteiger partial charge >= 0.3 is 0 Å². The number of pyridine rings is 1. The Hall–Kier alpha value is -1.95. The molecule has 0 amide bonds. The lowest BCUT2D eigenvalue weighted by molar-refractivity contribution is -0.148. The smallest absolute Gasteiger partial charge is 0.119 e. The van der Waals surface area contributed by atoms with Gasteiger partial charge in [0.05, 0.1) is 12.2 Å². The number of hydrogen-bond donors (Lipinski definition) is 1. The zero-order valence-electron chi connectivity index (χ0n) is 16.6. The van der Waals surface area contributed by atoms with Gasteiger partial charge in [0, 0.05) is 56.5 Å². The number of hydrogen-bond acceptors (Lipinski definition) is 5. The number of methoxy groups -OCH3 is 1. The van der Waals surface area contributed by atoms with Gasteiger partial charge in [-0.15, -0.1) is 0 Å². The fraction of sp³-hybridized carbons (Fsp3) is 0.522. The summed E-state index contributed by atoms with van der Waals surface area (Å²) < 4.78 is 10.7. The zero-order valence-corrected chi connectivity index (χ0v) is 16.6. The van der Waals surface area contributed by atoms with E-state index in [-0.39, 0.29) is 11.8 Å². The predicted molar refractivity (Wildman–Crippen MR) is 108 cm³/mol. The van der Waals surface area contributed by atoms with Crippen molar-refractivity contribution >= 4 is 0 Å². The van der Waals surface area contributed by atoms with Crippen LogP contribution in [0.5, 0.6) is 5.75 Å². The van der Waals surface area contributed by atoms with E-state index in [0.29, 0.717) is 13.2 Å². The average Bonchev–Trinajstić information content (AvgIpc) is 2.71. The summed E-state index contributed by atoms with van der Waals surface area (Å²) in [5.41, 5.74) is 1.54. The second-order valence-electron chi connectivity index (χ2n) is 8.07. The molecule has 1 aromatic heterocycles. The lowest BCUT2D eigenvalue weighted by atomic mass is 9.63. The minimum atomic E-state index is -0.734. The Morgan fingerprint density at radius 2 is 1.86 bits per heavy atom. The van der Waals surface area contributed by atoms with E-state index in [9.17, 15) is 5.11 Å². The fourth-order valence-electron chi connectivity index (χ4n) is 4.94. The van der Waals surface area contributed by atoms with Crippen molar-refractivity contribution in [3.05, 3.63) is 59.9 Å². The molecule has 3 atom stereocenters. The number of nitrogens with zero attached hydrogens (tertiary/aromatic N) is 2. The Labute approximate surface area is 167 Å². The summed E-state index contributed by atoms with van der Waals surface area (Å²) in [6.45, 7) is 3.92. The number of rotatable bonds is 7. The topological polar surface area (TPSA) is 54.8 Å². The van der Waals surface area contributed by atoms with E-state index in [1.165, 1.54) is 12.0 Å². The average molecular weight is 383 g/mol. The summed E-state index contributed by atoms with van der Waals surface area (Å²) in [6, 6.07) is 12.3. The van der Waals surface area contributed by atoms with Crippen LogP contribution in [0.4, 0.5) is 0 Å². The third kappa shape index (κ3) is 3.93. The van der Waals surface area contributed by atoms with E-state index >= 15 is 0 Å². The van der Waals surface area contributed by atoms with Crippen molar-refractivity contribution in [3.63, 3.8) is 0 Å². The highest BCUT2D eigenvalue weighted by molar-refractivity contribution is 5.28. The molecule has 28 heavy (non-hydrogen) atoms. The second-order valence-corrected chi connectivity index (χ2v) is 8.07. The van der Waals surface area contributed by atoms with E-state index in [1.54, 1.807) is 13.3 Å². The number of benzene rings is 1. The van der Waals surface area contributed by atoms with Crippen molar-refractivity contribution in [2.24, 2.45) is 11.8 Å². The van der Waals surface area contributed by atoms with Gasteiger partial charge in [-0.2, -0.15) is 0 Å². The summed E-state index contributed by atoms with van der Waals surface area (Å²) in [6.07, 6.45) is 6.98. The number of fused-ring (bicyclic) bond motifs is 2. The number of aromatic nitrogens is 1. The second kappa shape index (κ2) is 8.60. The Balaban J connectivity index is 1.42. The molecule has 2 aliphatic rings. The molecule has 5 heteroatoms. The number of ether oxygens (including phenoxy) is 2. The highest BCUT2D eigenvalue weighted by Crippen LogP contribution is 2.49. The van der Waals surface area contributed by atoms with Crippen LogP contribution in [-0.4, -0.2) is 48.4 Å². The lowest BCUT2D eigenvalue weighted by Crippen LogP contribution is -2.57. The van der Waals surface area contributed by atoms with Crippen LogP contribution < -0.4 is 4.74 Å². The van der Waals surface area contributed by atoms with Gasteiger partial charge < -0.3 is 14.6 Å². The molecular weight excluding hydrogens is 352 g/mol. The Kier molecular flexibility index (Phi) is 5.95. The number of likely N-dealkylation sites (tertiary alicyclic amines) is 1. The Morgan fingerprint density at radius 3 is 2.50 bits per heavy atom. The van der Waals surface area contributed by atoms with Crippen LogP contribution in [-0.2, 0) is 16.9 Å². The molecule has 5 nitrogen and oxygen atoms in total. The first kappa shape index (κ1) is 19.4. The molecule has 0 spiro atoms. The molecule has 2 bridgehead atoms. The summed E-state index contributed by atoms with van der Waals surface area (Å²) in [5.74, 6) is 1.41. The molecule has 2 heterocycles. The van der Waals surface area contributed by atoms with Gasteiger partial charge in [0.15, 0.2) is 0 Å². The van der Waals surface area contributed by atoms with E-state index in [1.807, 2.05) is 30.5 Å². The maximum atomic E-state index is 11.7. The molecule has 1 saturated heterocycles. The minimum absolute atomic E-state index is 0.265. The maximum Gasteiger partial charge on any atom is 0.119 e. The summed E-state index contributed by atoms with van der Waals surface area (Å²) in [5, 5.41) is 11.7. The molecule has 2 fully saturated rings. The number of aliphatic hydroxyl groups is 1. The quantitative estimate of drug-likeness (QED) is 0.745. The molecule has 1 aromatic carbocycles. The third-order valence-corrected chi connectivity index (χ3v) is 6.32. The van der Waals surface area contributed by atoms with Crippen LogP contribution in [0.25, 0.3) is 0 Å². The van der Waals surface area contributed by atoms with Gasteiger partial charge in [-0.05, 0) is 36.6 Å². The minimum Gasteiger partial charge on any atom is -0.491 e. The van der Waals surface area contributed by atoms with E-state index in [4.69, 9.17) is 9.47 Å². The molecule has 1 aliphatic carbocycles. The Morgan fingerprint density at radius 1 is 1.11 bits per heavy atom. The van der Waals surface area contributed by atoms with Crippen LogP contribution >= 0.6 is 0 Å². The van der Waals surface area contributed by atoms with Gasteiger partial charge in [0.25, 0.3) is 0 Å². The summed E-state index contributed by atoms with van der Waals surface area (Å²) >= 11 is 0. The van der Waals surface area contributed by atoms with Crippen molar-refractivity contribution in [2.75, 3.05) is 33.4 Å². The van der Waals surface area contributed by atoms with Crippen molar-refractivity contribution in [1.82, 2.24) is 9.88 Å². The van der Waals surface area contributed by atoms with Crippen molar-refractivity contribution in [2.45, 2.75) is 31.4 Å². The molecule has 2 aromatic rings. The molecule has 1 unspecified atom stereocenters. The van der Waals surface area contributed by atoms with E-state index < -0.39 is 5.60 Å². The van der Waals surface area contributed by atoms with Crippen LogP contribution in [0.3, 0.4) is 0 Å². The molecule has 150 valence electrons. The fourth-order valence-corrected chi connectivity index (χ4v) is 4.94. The van der Waals surface area contributed by atoms with Gasteiger partial charge in [0.1, 0.15) is 12.4 Å². The summed E-state index contributed by atoms with van der Waals surface area (Å²) in [7, 11) is 1.68. The summed E-state index contributed by atoms with van der Waals surface area (Å²) in [4.78, 5) is 6.76. The maximum absolute atomic E-state index is 11.7. The Bertz CT molecular complexity index is 736. The molecule has 4 rings (SSSR count). The van der Waals surface area contributed by atoms with Gasteiger partial charge in [-0.3, -0.25) is 9.88 Å². The van der Waals surface area contributed by atoms with Gasteiger partial charge in [-0.25, -0.2) is 0 Å². The molecule has 1 saturated carbocycles. The molecule has 0 radical (unpaired) electrons. The first-order chi connectivity index (χ1) is 13.7.